The van der Waals surface area contributed by atoms with Gasteiger partial charge in [0.1, 0.15) is 9.71 Å². The number of hydrogen-bond donors (Lipinski definition) is 2. The van der Waals surface area contributed by atoms with Crippen LogP contribution in [0.15, 0.2) is 36.5 Å². The van der Waals surface area contributed by atoms with Gasteiger partial charge in [-0.3, -0.25) is 4.79 Å². The SMILES string of the molecule is Cc1cc(F)ncc1-c1ccc(CNC(=O)c2sc3nnc(C)c(C)c3c2N)cc1. The summed E-state index contributed by atoms with van der Waals surface area (Å²) in [6.07, 6.45) is 1.53. The number of carbonyl (C=O) groups excluding carboxylic acids is 1. The van der Waals surface area contributed by atoms with Crippen LogP contribution in [-0.4, -0.2) is 21.1 Å². The minimum atomic E-state index is -0.493. The lowest BCUT2D eigenvalue weighted by atomic mass is 10.0. The molecular weight excluding hydrogens is 401 g/mol. The number of thiophene rings is 1. The van der Waals surface area contributed by atoms with Crippen LogP contribution in [0, 0.1) is 26.7 Å². The third kappa shape index (κ3) is 3.61. The number of nitrogens with one attached hydrogen (secondary N) is 1. The summed E-state index contributed by atoms with van der Waals surface area (Å²) in [6.45, 7) is 6.00. The van der Waals surface area contributed by atoms with E-state index in [4.69, 9.17) is 5.73 Å². The number of halogens is 1. The van der Waals surface area contributed by atoms with E-state index in [-0.39, 0.29) is 5.91 Å². The van der Waals surface area contributed by atoms with Gasteiger partial charge in [0.25, 0.3) is 5.91 Å². The number of fused-ring (bicyclic) bond motifs is 1. The summed E-state index contributed by atoms with van der Waals surface area (Å²) in [7, 11) is 0. The average Bonchev–Trinajstić information content (AvgIpc) is 3.07. The molecule has 0 saturated carbocycles. The Morgan fingerprint density at radius 1 is 1.17 bits per heavy atom. The molecule has 3 heterocycles. The maximum Gasteiger partial charge on any atom is 0.263 e. The van der Waals surface area contributed by atoms with Gasteiger partial charge in [-0.15, -0.1) is 16.4 Å². The van der Waals surface area contributed by atoms with Crippen LogP contribution in [0.4, 0.5) is 10.1 Å². The molecule has 0 unspecified atom stereocenters. The molecule has 30 heavy (non-hydrogen) atoms. The summed E-state index contributed by atoms with van der Waals surface area (Å²) in [5, 5.41) is 12.0. The Balaban J connectivity index is 1.50. The number of rotatable bonds is 4. The van der Waals surface area contributed by atoms with Crippen LogP contribution in [0.2, 0.25) is 0 Å². The van der Waals surface area contributed by atoms with Crippen molar-refractivity contribution in [2.75, 3.05) is 5.73 Å². The zero-order valence-corrected chi connectivity index (χ0v) is 17.6. The molecule has 0 fully saturated rings. The Bertz CT molecular complexity index is 1270. The lowest BCUT2D eigenvalue weighted by Gasteiger charge is -2.08. The van der Waals surface area contributed by atoms with E-state index in [2.05, 4.69) is 20.5 Å². The molecule has 0 atom stereocenters. The van der Waals surface area contributed by atoms with Gasteiger partial charge in [-0.1, -0.05) is 24.3 Å². The fourth-order valence-corrected chi connectivity index (χ4v) is 4.31. The number of nitrogens with zero attached hydrogens (tertiary/aromatic N) is 3. The maximum atomic E-state index is 13.2. The summed E-state index contributed by atoms with van der Waals surface area (Å²) in [5.74, 6) is -0.734. The van der Waals surface area contributed by atoms with Gasteiger partial charge in [-0.25, -0.2) is 4.98 Å². The van der Waals surface area contributed by atoms with Crippen LogP contribution in [0.1, 0.15) is 32.1 Å². The van der Waals surface area contributed by atoms with E-state index in [9.17, 15) is 9.18 Å². The minimum absolute atomic E-state index is 0.241. The van der Waals surface area contributed by atoms with E-state index in [0.717, 1.165) is 38.9 Å². The zero-order chi connectivity index (χ0) is 21.4. The molecule has 8 heteroatoms. The summed E-state index contributed by atoms with van der Waals surface area (Å²) >= 11 is 1.24. The van der Waals surface area contributed by atoms with Gasteiger partial charge in [0.15, 0.2) is 0 Å². The summed E-state index contributed by atoms with van der Waals surface area (Å²) in [5.41, 5.74) is 12.0. The lowest BCUT2D eigenvalue weighted by molar-refractivity contribution is 0.0956. The minimum Gasteiger partial charge on any atom is -0.397 e. The lowest BCUT2D eigenvalue weighted by Crippen LogP contribution is -2.22. The largest absolute Gasteiger partial charge is 0.397 e. The van der Waals surface area contributed by atoms with E-state index in [0.29, 0.717) is 21.9 Å². The first-order valence-electron chi connectivity index (χ1n) is 9.36. The number of benzene rings is 1. The van der Waals surface area contributed by atoms with Crippen molar-refractivity contribution in [1.82, 2.24) is 20.5 Å². The van der Waals surface area contributed by atoms with Gasteiger partial charge < -0.3 is 11.1 Å². The monoisotopic (exact) mass is 421 g/mol. The number of anilines is 1. The van der Waals surface area contributed by atoms with Crippen molar-refractivity contribution in [2.45, 2.75) is 27.3 Å². The number of aromatic nitrogens is 3. The first kappa shape index (κ1) is 19.9. The number of pyridine rings is 1. The predicted octanol–water partition coefficient (Wildman–Crippen LogP) is 4.33. The fourth-order valence-electron chi connectivity index (χ4n) is 3.30. The first-order chi connectivity index (χ1) is 14.3. The maximum absolute atomic E-state index is 13.2. The normalized spacial score (nSPS) is 11.1. The molecular formula is C22H20FN5OS. The molecule has 1 aromatic carbocycles. The number of carbonyl (C=O) groups is 1. The molecule has 1 amide bonds. The molecule has 3 N–H and O–H groups in total. The highest BCUT2D eigenvalue weighted by Gasteiger charge is 2.19. The van der Waals surface area contributed by atoms with Crippen LogP contribution in [-0.2, 0) is 6.54 Å². The Morgan fingerprint density at radius 3 is 2.60 bits per heavy atom. The van der Waals surface area contributed by atoms with Crippen molar-refractivity contribution < 1.29 is 9.18 Å². The fraction of sp³-hybridized carbons (Fsp3) is 0.182. The van der Waals surface area contributed by atoms with Crippen molar-refractivity contribution in [3.8, 4) is 11.1 Å². The molecule has 6 nitrogen and oxygen atoms in total. The second kappa shape index (κ2) is 7.79. The highest BCUT2D eigenvalue weighted by Crippen LogP contribution is 2.34. The first-order valence-corrected chi connectivity index (χ1v) is 10.2. The zero-order valence-electron chi connectivity index (χ0n) is 16.8. The number of hydrogen-bond acceptors (Lipinski definition) is 6. The number of amides is 1. The van der Waals surface area contributed by atoms with Crippen LogP contribution in [0.25, 0.3) is 21.3 Å². The molecule has 0 radical (unpaired) electrons. The van der Waals surface area contributed by atoms with Gasteiger partial charge in [-0.05, 0) is 49.1 Å². The molecule has 0 spiro atoms. The van der Waals surface area contributed by atoms with Gasteiger partial charge in [0, 0.05) is 23.7 Å². The van der Waals surface area contributed by atoms with E-state index < -0.39 is 5.95 Å². The highest BCUT2D eigenvalue weighted by molar-refractivity contribution is 7.21. The van der Waals surface area contributed by atoms with E-state index >= 15 is 0 Å². The van der Waals surface area contributed by atoms with Gasteiger partial charge in [0.05, 0.1) is 11.4 Å². The van der Waals surface area contributed by atoms with Crippen molar-refractivity contribution in [3.63, 3.8) is 0 Å². The van der Waals surface area contributed by atoms with Crippen LogP contribution in [0.3, 0.4) is 0 Å². The quantitative estimate of drug-likeness (QED) is 0.479. The summed E-state index contributed by atoms with van der Waals surface area (Å²) in [4.78, 5) is 17.5. The van der Waals surface area contributed by atoms with Crippen LogP contribution >= 0.6 is 11.3 Å². The molecule has 0 aliphatic carbocycles. The summed E-state index contributed by atoms with van der Waals surface area (Å²) in [6, 6.07) is 9.11. The number of aryl methyl sites for hydroxylation is 3. The summed E-state index contributed by atoms with van der Waals surface area (Å²) < 4.78 is 13.2. The Kier molecular flexibility index (Phi) is 5.17. The third-order valence-corrected chi connectivity index (χ3v) is 6.23. The molecule has 152 valence electrons. The van der Waals surface area contributed by atoms with E-state index in [1.807, 2.05) is 45.0 Å². The Labute approximate surface area is 177 Å². The average molecular weight is 422 g/mol. The molecule has 0 saturated heterocycles. The molecule has 3 aromatic heterocycles. The van der Waals surface area contributed by atoms with Gasteiger partial charge in [-0.2, -0.15) is 9.49 Å². The van der Waals surface area contributed by atoms with E-state index in [1.54, 1.807) is 0 Å². The number of nitrogens with two attached hydrogens (primary N) is 1. The second-order valence-corrected chi connectivity index (χ2v) is 8.14. The van der Waals surface area contributed by atoms with Crippen molar-refractivity contribution in [1.29, 1.82) is 0 Å². The standard InChI is InChI=1S/C22H20FN5OS/c1-11-8-17(23)25-10-16(11)15-6-4-14(5-7-15)9-26-21(29)20-19(24)18-12(2)13(3)27-28-22(18)30-20/h4-8,10H,9,24H2,1-3H3,(H,26,29). The highest BCUT2D eigenvalue weighted by atomic mass is 32.1. The van der Waals surface area contributed by atoms with Crippen LogP contribution < -0.4 is 11.1 Å². The molecule has 0 aliphatic rings. The van der Waals surface area contributed by atoms with Crippen LogP contribution in [0.5, 0.6) is 0 Å². The van der Waals surface area contributed by atoms with Gasteiger partial charge >= 0.3 is 0 Å². The topological polar surface area (TPSA) is 93.8 Å². The Hall–Kier alpha value is -3.39. The van der Waals surface area contributed by atoms with E-state index in [1.165, 1.54) is 23.6 Å². The van der Waals surface area contributed by atoms with Gasteiger partial charge in [0.2, 0.25) is 5.95 Å². The smallest absolute Gasteiger partial charge is 0.263 e. The third-order valence-electron chi connectivity index (χ3n) is 5.14. The molecule has 0 bridgehead atoms. The second-order valence-electron chi connectivity index (χ2n) is 7.14. The molecule has 0 aliphatic heterocycles. The molecule has 4 aromatic rings. The Morgan fingerprint density at radius 2 is 1.90 bits per heavy atom. The van der Waals surface area contributed by atoms with Crippen molar-refractivity contribution in [3.05, 3.63) is 69.7 Å². The van der Waals surface area contributed by atoms with Crippen molar-refractivity contribution in [2.24, 2.45) is 0 Å². The molecule has 4 rings (SSSR count). The number of nitrogen functional groups attached to an aromatic ring is 1. The predicted molar refractivity (Wildman–Crippen MR) is 117 cm³/mol. The van der Waals surface area contributed by atoms with Crippen molar-refractivity contribution >= 4 is 33.1 Å².